The highest BCUT2D eigenvalue weighted by atomic mass is 32.1. The molecule has 0 saturated carbocycles. The lowest BCUT2D eigenvalue weighted by Gasteiger charge is -2.28. The van der Waals surface area contributed by atoms with Gasteiger partial charge in [0, 0.05) is 22.0 Å². The van der Waals surface area contributed by atoms with Crippen molar-refractivity contribution < 1.29 is 0 Å². The van der Waals surface area contributed by atoms with Gasteiger partial charge in [-0.15, -0.1) is 0 Å². The Morgan fingerprint density at radius 1 is 1.23 bits per heavy atom. The first-order valence-electron chi connectivity index (χ1n) is 4.09. The third-order valence-electron chi connectivity index (χ3n) is 2.04. The first kappa shape index (κ1) is 12.0. The van der Waals surface area contributed by atoms with Crippen LogP contribution in [0.1, 0.15) is 6.42 Å². The molecule has 74 valence electrons. The molecule has 0 heterocycles. The predicted molar refractivity (Wildman–Crippen MR) is 74.1 cm³/mol. The summed E-state index contributed by atoms with van der Waals surface area (Å²) in [5.41, 5.74) is 2.54. The first-order valence-corrected chi connectivity index (χ1v) is 6.44. The molecule has 0 amide bonds. The lowest BCUT2D eigenvalue weighted by molar-refractivity contribution is 0.777. The molecule has 1 unspecified atom stereocenters. The zero-order valence-corrected chi connectivity index (χ0v) is 10.8. The molecular formula is C9H14S4. The molecule has 0 N–H and O–H groups in total. The highest BCUT2D eigenvalue weighted by Crippen LogP contribution is 2.33. The van der Waals surface area contributed by atoms with Crippen LogP contribution in [0.2, 0.25) is 0 Å². The second kappa shape index (κ2) is 5.10. The molecular weight excluding hydrogens is 236 g/mol. The van der Waals surface area contributed by atoms with Crippen molar-refractivity contribution in [3.8, 4) is 0 Å². The topological polar surface area (TPSA) is 0 Å². The van der Waals surface area contributed by atoms with Gasteiger partial charge in [-0.2, -0.15) is 50.5 Å². The Labute approximate surface area is 102 Å². The molecule has 4 heteroatoms. The van der Waals surface area contributed by atoms with Gasteiger partial charge in [0.15, 0.2) is 0 Å². The van der Waals surface area contributed by atoms with E-state index >= 15 is 0 Å². The van der Waals surface area contributed by atoms with E-state index in [0.717, 1.165) is 23.7 Å². The van der Waals surface area contributed by atoms with E-state index in [1.807, 2.05) is 0 Å². The Balaban J connectivity index is 2.88. The van der Waals surface area contributed by atoms with Crippen LogP contribution in [0, 0.1) is 0 Å². The molecule has 0 fully saturated rings. The van der Waals surface area contributed by atoms with Crippen LogP contribution in [0.5, 0.6) is 0 Å². The number of rotatable bonds is 3. The van der Waals surface area contributed by atoms with Crippen LogP contribution in [-0.2, 0) is 0 Å². The van der Waals surface area contributed by atoms with E-state index in [-0.39, 0.29) is 4.75 Å². The Morgan fingerprint density at radius 2 is 1.92 bits per heavy atom. The highest BCUT2D eigenvalue weighted by Gasteiger charge is 2.25. The Bertz CT molecular complexity index is 244. The minimum Gasteiger partial charge on any atom is -0.178 e. The lowest BCUT2D eigenvalue weighted by atomic mass is 9.92. The molecule has 0 nitrogen and oxygen atoms in total. The largest absolute Gasteiger partial charge is 0.178 e. The summed E-state index contributed by atoms with van der Waals surface area (Å²) in [6.45, 7) is 0. The van der Waals surface area contributed by atoms with Crippen molar-refractivity contribution in [1.29, 1.82) is 0 Å². The average Bonchev–Trinajstić information content (AvgIpc) is 2.17. The minimum absolute atomic E-state index is 0.103. The molecule has 0 aromatic rings. The van der Waals surface area contributed by atoms with Crippen LogP contribution in [-0.4, -0.2) is 22.0 Å². The fourth-order valence-electron chi connectivity index (χ4n) is 1.44. The van der Waals surface area contributed by atoms with E-state index in [0.29, 0.717) is 0 Å². The molecule has 1 atom stereocenters. The summed E-state index contributed by atoms with van der Waals surface area (Å²) in [5, 5.41) is 0. The third kappa shape index (κ3) is 3.18. The summed E-state index contributed by atoms with van der Waals surface area (Å²) in [6.07, 6.45) is 5.27. The third-order valence-corrected chi connectivity index (χ3v) is 4.07. The molecule has 0 saturated heterocycles. The van der Waals surface area contributed by atoms with E-state index in [4.69, 9.17) is 0 Å². The van der Waals surface area contributed by atoms with Gasteiger partial charge < -0.3 is 0 Å². The SMILES string of the molecule is SCC1=CC(S)(CS)CC(CS)=C1. The Morgan fingerprint density at radius 3 is 2.38 bits per heavy atom. The lowest BCUT2D eigenvalue weighted by Crippen LogP contribution is -2.25. The van der Waals surface area contributed by atoms with Crippen LogP contribution in [0.15, 0.2) is 23.3 Å². The van der Waals surface area contributed by atoms with Crippen molar-refractivity contribution in [2.75, 3.05) is 17.3 Å². The number of hydrogen-bond acceptors (Lipinski definition) is 4. The molecule has 13 heavy (non-hydrogen) atoms. The monoisotopic (exact) mass is 250 g/mol. The van der Waals surface area contributed by atoms with Crippen molar-refractivity contribution in [2.45, 2.75) is 11.2 Å². The first-order chi connectivity index (χ1) is 6.13. The van der Waals surface area contributed by atoms with Crippen molar-refractivity contribution in [3.63, 3.8) is 0 Å². The Kier molecular flexibility index (Phi) is 4.69. The summed E-state index contributed by atoms with van der Waals surface area (Å²) < 4.78 is -0.103. The van der Waals surface area contributed by atoms with E-state index in [9.17, 15) is 0 Å². The van der Waals surface area contributed by atoms with Crippen LogP contribution in [0.3, 0.4) is 0 Å². The normalized spacial score (nSPS) is 28.3. The van der Waals surface area contributed by atoms with Crippen LogP contribution in [0.4, 0.5) is 0 Å². The van der Waals surface area contributed by atoms with Crippen molar-refractivity contribution in [1.82, 2.24) is 0 Å². The smallest absolute Gasteiger partial charge is 0.0440 e. The van der Waals surface area contributed by atoms with Gasteiger partial charge in [0.05, 0.1) is 0 Å². The fourth-order valence-corrected chi connectivity index (χ4v) is 2.40. The van der Waals surface area contributed by atoms with Gasteiger partial charge in [-0.05, 0) is 12.0 Å². The minimum atomic E-state index is -0.103. The van der Waals surface area contributed by atoms with Gasteiger partial charge in [-0.3, -0.25) is 0 Å². The van der Waals surface area contributed by atoms with E-state index in [2.05, 4.69) is 62.7 Å². The predicted octanol–water partition coefficient (Wildman–Crippen LogP) is 2.70. The van der Waals surface area contributed by atoms with Crippen LogP contribution < -0.4 is 0 Å². The summed E-state index contributed by atoms with van der Waals surface area (Å²) in [5.74, 6) is 2.30. The maximum Gasteiger partial charge on any atom is 0.0440 e. The standard InChI is InChI=1S/C9H14S4/c10-4-7-1-8(5-11)3-9(13,2-7)6-12/h1-2,10-13H,3-6H2. The second-order valence-electron chi connectivity index (χ2n) is 3.28. The molecule has 0 aliphatic heterocycles. The van der Waals surface area contributed by atoms with Crippen LogP contribution >= 0.6 is 50.5 Å². The zero-order chi connectivity index (χ0) is 9.90. The molecule has 0 aromatic heterocycles. The zero-order valence-electron chi connectivity index (χ0n) is 7.27. The maximum absolute atomic E-state index is 4.61. The van der Waals surface area contributed by atoms with E-state index in [1.165, 1.54) is 11.1 Å². The molecule has 1 rings (SSSR count). The van der Waals surface area contributed by atoms with Crippen molar-refractivity contribution >= 4 is 50.5 Å². The highest BCUT2D eigenvalue weighted by molar-refractivity contribution is 7.85. The maximum atomic E-state index is 4.61. The van der Waals surface area contributed by atoms with Gasteiger partial charge >= 0.3 is 0 Å². The molecule has 0 aromatic carbocycles. The number of allylic oxidation sites excluding steroid dienone is 1. The molecule has 0 radical (unpaired) electrons. The van der Waals surface area contributed by atoms with Gasteiger partial charge in [0.25, 0.3) is 0 Å². The molecule has 1 aliphatic carbocycles. The number of thiol groups is 4. The second-order valence-corrected chi connectivity index (χ2v) is 5.12. The molecule has 1 aliphatic rings. The van der Waals surface area contributed by atoms with E-state index < -0.39 is 0 Å². The van der Waals surface area contributed by atoms with Crippen molar-refractivity contribution in [3.05, 3.63) is 23.3 Å². The summed E-state index contributed by atoms with van der Waals surface area (Å²) in [6, 6.07) is 0. The van der Waals surface area contributed by atoms with Gasteiger partial charge in [-0.1, -0.05) is 17.7 Å². The van der Waals surface area contributed by atoms with Crippen molar-refractivity contribution in [2.24, 2.45) is 0 Å². The van der Waals surface area contributed by atoms with E-state index in [1.54, 1.807) is 0 Å². The number of hydrogen-bond donors (Lipinski definition) is 4. The van der Waals surface area contributed by atoms with Gasteiger partial charge in [-0.25, -0.2) is 0 Å². The Hall–Kier alpha value is 0.880. The quantitative estimate of drug-likeness (QED) is 0.544. The van der Waals surface area contributed by atoms with Crippen LogP contribution in [0.25, 0.3) is 0 Å². The van der Waals surface area contributed by atoms with Gasteiger partial charge in [0.1, 0.15) is 0 Å². The summed E-state index contributed by atoms with van der Waals surface area (Å²) in [7, 11) is 0. The van der Waals surface area contributed by atoms with Gasteiger partial charge in [0.2, 0.25) is 0 Å². The molecule has 0 bridgehead atoms. The molecule has 0 spiro atoms. The summed E-state index contributed by atoms with van der Waals surface area (Å²) in [4.78, 5) is 0. The fraction of sp³-hybridized carbons (Fsp3) is 0.556. The summed E-state index contributed by atoms with van der Waals surface area (Å²) >= 11 is 17.5. The average molecular weight is 250 g/mol.